The normalized spacial score (nSPS) is 11.9. The summed E-state index contributed by atoms with van der Waals surface area (Å²) >= 11 is 12.0. The van der Waals surface area contributed by atoms with E-state index in [-0.39, 0.29) is 22.5 Å². The second-order valence-corrected chi connectivity index (χ2v) is 7.21. The summed E-state index contributed by atoms with van der Waals surface area (Å²) in [6.45, 7) is 6.06. The van der Waals surface area contributed by atoms with Crippen molar-refractivity contribution in [1.82, 2.24) is 5.32 Å². The third kappa shape index (κ3) is 5.18. The van der Waals surface area contributed by atoms with Gasteiger partial charge in [-0.2, -0.15) is 0 Å². The van der Waals surface area contributed by atoms with Gasteiger partial charge in [-0.1, -0.05) is 43.1 Å². The quantitative estimate of drug-likeness (QED) is 0.845. The number of sulfonamides is 1. The maximum atomic E-state index is 11.9. The average Bonchev–Trinajstić information content (AvgIpc) is 2.29. The Balaban J connectivity index is 2.81. The highest BCUT2D eigenvalue weighted by Crippen LogP contribution is 2.33. The van der Waals surface area contributed by atoms with Gasteiger partial charge in [0, 0.05) is 12.6 Å². The van der Waals surface area contributed by atoms with Crippen LogP contribution in [0.4, 0.5) is 5.69 Å². The van der Waals surface area contributed by atoms with E-state index < -0.39 is 10.0 Å². The van der Waals surface area contributed by atoms with E-state index in [4.69, 9.17) is 23.2 Å². The van der Waals surface area contributed by atoms with Crippen LogP contribution in [0.3, 0.4) is 0 Å². The molecule has 108 valence electrons. The van der Waals surface area contributed by atoms with Gasteiger partial charge in [-0.25, -0.2) is 8.42 Å². The molecule has 1 rings (SSSR count). The Morgan fingerprint density at radius 3 is 2.47 bits per heavy atom. The van der Waals surface area contributed by atoms with Gasteiger partial charge < -0.3 is 5.32 Å². The van der Waals surface area contributed by atoms with Gasteiger partial charge in [0.25, 0.3) is 0 Å². The van der Waals surface area contributed by atoms with E-state index in [1.165, 1.54) is 0 Å². The first kappa shape index (κ1) is 16.6. The molecule has 0 atom stereocenters. The minimum absolute atomic E-state index is 0.0359. The van der Waals surface area contributed by atoms with Crippen molar-refractivity contribution in [2.75, 3.05) is 17.0 Å². The van der Waals surface area contributed by atoms with Crippen LogP contribution in [0.5, 0.6) is 0 Å². The number of nitrogens with one attached hydrogen (secondary N) is 2. The highest BCUT2D eigenvalue weighted by atomic mass is 35.5. The van der Waals surface area contributed by atoms with E-state index in [0.717, 1.165) is 5.56 Å². The topological polar surface area (TPSA) is 58.2 Å². The van der Waals surface area contributed by atoms with Crippen molar-refractivity contribution in [2.45, 2.75) is 26.8 Å². The molecule has 2 N–H and O–H groups in total. The van der Waals surface area contributed by atoms with Crippen LogP contribution in [-0.4, -0.2) is 26.8 Å². The summed E-state index contributed by atoms with van der Waals surface area (Å²) in [4.78, 5) is 0. The molecule has 0 radical (unpaired) electrons. The van der Waals surface area contributed by atoms with E-state index in [2.05, 4.69) is 10.0 Å². The van der Waals surface area contributed by atoms with Crippen LogP contribution < -0.4 is 10.0 Å². The van der Waals surface area contributed by atoms with Crippen LogP contribution in [0.15, 0.2) is 12.1 Å². The third-order valence-corrected chi connectivity index (χ3v) is 4.52. The summed E-state index contributed by atoms with van der Waals surface area (Å²) < 4.78 is 26.3. The van der Waals surface area contributed by atoms with Crippen molar-refractivity contribution in [1.29, 1.82) is 0 Å². The molecule has 0 bridgehead atoms. The van der Waals surface area contributed by atoms with Crippen LogP contribution in [0.1, 0.15) is 19.4 Å². The zero-order valence-corrected chi connectivity index (χ0v) is 13.5. The maximum Gasteiger partial charge on any atom is 0.234 e. The molecule has 0 unspecified atom stereocenters. The summed E-state index contributed by atoms with van der Waals surface area (Å²) in [6, 6.07) is 3.59. The summed E-state index contributed by atoms with van der Waals surface area (Å²) in [5.74, 6) is -0.0359. The van der Waals surface area contributed by atoms with Crippen molar-refractivity contribution in [3.8, 4) is 0 Å². The molecule has 0 aliphatic rings. The number of aryl methyl sites for hydroxylation is 1. The average molecular weight is 325 g/mol. The fourth-order valence-electron chi connectivity index (χ4n) is 1.44. The van der Waals surface area contributed by atoms with Gasteiger partial charge in [0.15, 0.2) is 0 Å². The lowest BCUT2D eigenvalue weighted by Gasteiger charge is -2.13. The third-order valence-electron chi connectivity index (χ3n) is 2.47. The first-order chi connectivity index (χ1) is 8.73. The molecule has 0 aliphatic heterocycles. The van der Waals surface area contributed by atoms with Crippen molar-refractivity contribution in [3.05, 3.63) is 27.7 Å². The molecule has 0 spiro atoms. The van der Waals surface area contributed by atoms with E-state index in [0.29, 0.717) is 11.6 Å². The van der Waals surface area contributed by atoms with E-state index >= 15 is 0 Å². The Labute approximate surface area is 124 Å². The fourth-order valence-corrected chi connectivity index (χ4v) is 3.03. The second-order valence-electron chi connectivity index (χ2n) is 4.58. The summed E-state index contributed by atoms with van der Waals surface area (Å²) in [7, 11) is -3.47. The molecule has 0 aliphatic carbocycles. The first-order valence-corrected chi connectivity index (χ1v) is 8.32. The van der Waals surface area contributed by atoms with Crippen molar-refractivity contribution in [3.63, 3.8) is 0 Å². The molecular formula is C12H18Cl2N2O2S. The summed E-state index contributed by atoms with van der Waals surface area (Å²) in [6.07, 6.45) is 0. The standard InChI is InChI=1S/C12H18Cl2N2O2S/c1-8(2)15-6-7-19(17,18)16-12-10(13)5-4-9(3)11(12)14/h4-5,8,15-16H,6-7H2,1-3H3. The van der Waals surface area contributed by atoms with Gasteiger partial charge in [0.2, 0.25) is 10.0 Å². The molecule has 1 aromatic carbocycles. The lowest BCUT2D eigenvalue weighted by atomic mass is 10.2. The molecule has 0 heterocycles. The largest absolute Gasteiger partial charge is 0.313 e. The van der Waals surface area contributed by atoms with Crippen molar-refractivity contribution < 1.29 is 8.42 Å². The van der Waals surface area contributed by atoms with Gasteiger partial charge in [-0.15, -0.1) is 0 Å². The maximum absolute atomic E-state index is 11.9. The highest BCUT2D eigenvalue weighted by molar-refractivity contribution is 7.92. The number of hydrogen-bond donors (Lipinski definition) is 2. The van der Waals surface area contributed by atoms with Gasteiger partial charge in [0.1, 0.15) is 0 Å². The zero-order chi connectivity index (χ0) is 14.6. The second kappa shape index (κ2) is 6.79. The lowest BCUT2D eigenvalue weighted by molar-refractivity contribution is 0.582. The summed E-state index contributed by atoms with van der Waals surface area (Å²) in [5.41, 5.74) is 1.01. The fraction of sp³-hybridized carbons (Fsp3) is 0.500. The van der Waals surface area contributed by atoms with E-state index in [9.17, 15) is 8.42 Å². The predicted octanol–water partition coefficient (Wildman–Crippen LogP) is 3.04. The first-order valence-electron chi connectivity index (χ1n) is 5.91. The highest BCUT2D eigenvalue weighted by Gasteiger charge is 2.16. The lowest BCUT2D eigenvalue weighted by Crippen LogP contribution is -2.31. The smallest absolute Gasteiger partial charge is 0.234 e. The number of rotatable bonds is 6. The molecule has 0 amide bonds. The molecule has 7 heteroatoms. The van der Waals surface area contributed by atoms with Gasteiger partial charge in [-0.05, 0) is 18.6 Å². The molecule has 0 aromatic heterocycles. The molecular weight excluding hydrogens is 307 g/mol. The molecule has 4 nitrogen and oxygen atoms in total. The van der Waals surface area contributed by atoms with Crippen LogP contribution in [0.2, 0.25) is 10.0 Å². The van der Waals surface area contributed by atoms with Gasteiger partial charge in [0.05, 0.1) is 21.5 Å². The van der Waals surface area contributed by atoms with Crippen LogP contribution >= 0.6 is 23.2 Å². The van der Waals surface area contributed by atoms with Crippen molar-refractivity contribution in [2.24, 2.45) is 0 Å². The van der Waals surface area contributed by atoms with Gasteiger partial charge >= 0.3 is 0 Å². The van der Waals surface area contributed by atoms with Crippen LogP contribution in [-0.2, 0) is 10.0 Å². The Morgan fingerprint density at radius 1 is 1.26 bits per heavy atom. The minimum atomic E-state index is -3.47. The van der Waals surface area contributed by atoms with E-state index in [1.54, 1.807) is 19.1 Å². The number of halogens is 2. The molecule has 0 saturated heterocycles. The molecule has 1 aromatic rings. The number of anilines is 1. The number of hydrogen-bond acceptors (Lipinski definition) is 3. The number of benzene rings is 1. The SMILES string of the molecule is Cc1ccc(Cl)c(NS(=O)(=O)CCNC(C)C)c1Cl. The van der Waals surface area contributed by atoms with Crippen molar-refractivity contribution >= 4 is 38.9 Å². The zero-order valence-electron chi connectivity index (χ0n) is 11.1. The molecule has 0 fully saturated rings. The van der Waals surface area contributed by atoms with E-state index in [1.807, 2.05) is 13.8 Å². The Kier molecular flexibility index (Phi) is 5.92. The minimum Gasteiger partial charge on any atom is -0.313 e. The Hall–Kier alpha value is -0.490. The monoisotopic (exact) mass is 324 g/mol. The molecule has 19 heavy (non-hydrogen) atoms. The van der Waals surface area contributed by atoms with Gasteiger partial charge in [-0.3, -0.25) is 4.72 Å². The van der Waals surface area contributed by atoms with Crippen LogP contribution in [0.25, 0.3) is 0 Å². The van der Waals surface area contributed by atoms with Crippen LogP contribution in [0, 0.1) is 6.92 Å². The summed E-state index contributed by atoms with van der Waals surface area (Å²) in [5, 5.41) is 3.66. The molecule has 0 saturated carbocycles. The Morgan fingerprint density at radius 2 is 1.89 bits per heavy atom. The predicted molar refractivity (Wildman–Crippen MR) is 81.7 cm³/mol. The Bertz CT molecular complexity index is 545.